The van der Waals surface area contributed by atoms with Crippen molar-refractivity contribution in [1.82, 2.24) is 0 Å². The van der Waals surface area contributed by atoms with Gasteiger partial charge in [0.1, 0.15) is 6.04 Å². The molecular weight excluding hydrogens is 190 g/mol. The third-order valence-electron chi connectivity index (χ3n) is 3.47. The fourth-order valence-corrected chi connectivity index (χ4v) is 2.46. The van der Waals surface area contributed by atoms with Crippen LogP contribution in [0.15, 0.2) is 0 Å². The largest absolute Gasteiger partial charge is 0.465 e. The topological polar surface area (TPSA) is 52.3 Å². The van der Waals surface area contributed by atoms with Crippen LogP contribution in [0.25, 0.3) is 0 Å². The highest BCUT2D eigenvalue weighted by Gasteiger charge is 2.30. The molecule has 0 aromatic carbocycles. The Morgan fingerprint density at radius 1 is 1.47 bits per heavy atom. The molecule has 1 fully saturated rings. The second kappa shape index (κ2) is 6.11. The highest BCUT2D eigenvalue weighted by atomic mass is 16.5. The van der Waals surface area contributed by atoms with Gasteiger partial charge in [0, 0.05) is 0 Å². The summed E-state index contributed by atoms with van der Waals surface area (Å²) in [5, 5.41) is 0. The normalized spacial score (nSPS) is 28.5. The maximum Gasteiger partial charge on any atom is 0.323 e. The molecule has 1 aliphatic carbocycles. The summed E-state index contributed by atoms with van der Waals surface area (Å²) in [5.41, 5.74) is 5.92. The molecule has 3 atom stereocenters. The van der Waals surface area contributed by atoms with E-state index in [-0.39, 0.29) is 5.97 Å². The molecule has 3 unspecified atom stereocenters. The molecule has 15 heavy (non-hydrogen) atoms. The Bertz CT molecular complexity index is 206. The molecule has 0 amide bonds. The number of rotatable bonds is 4. The lowest BCUT2D eigenvalue weighted by atomic mass is 9.77. The van der Waals surface area contributed by atoms with Crippen molar-refractivity contribution in [3.8, 4) is 0 Å². The molecule has 0 spiro atoms. The number of carbonyl (C=O) groups is 1. The van der Waals surface area contributed by atoms with Gasteiger partial charge in [-0.05, 0) is 31.6 Å². The maximum absolute atomic E-state index is 11.5. The summed E-state index contributed by atoms with van der Waals surface area (Å²) in [4.78, 5) is 11.5. The van der Waals surface area contributed by atoms with E-state index in [0.29, 0.717) is 12.5 Å². The van der Waals surface area contributed by atoms with Crippen LogP contribution in [0.5, 0.6) is 0 Å². The second-order valence-electron chi connectivity index (χ2n) is 4.48. The molecule has 0 aliphatic heterocycles. The Hall–Kier alpha value is -0.570. The van der Waals surface area contributed by atoms with Gasteiger partial charge in [0.25, 0.3) is 0 Å². The molecule has 1 aliphatic rings. The monoisotopic (exact) mass is 213 g/mol. The zero-order valence-electron chi connectivity index (χ0n) is 9.87. The summed E-state index contributed by atoms with van der Waals surface area (Å²) in [6, 6.07) is -0.403. The van der Waals surface area contributed by atoms with E-state index in [0.717, 1.165) is 18.8 Å². The summed E-state index contributed by atoms with van der Waals surface area (Å²) in [7, 11) is 0. The fraction of sp³-hybridized carbons (Fsp3) is 0.917. The zero-order valence-corrected chi connectivity index (χ0v) is 9.87. The zero-order chi connectivity index (χ0) is 11.3. The van der Waals surface area contributed by atoms with Crippen molar-refractivity contribution in [2.24, 2.45) is 17.6 Å². The molecular formula is C12H23NO2. The molecule has 0 radical (unpaired) electrons. The molecule has 0 saturated heterocycles. The summed E-state index contributed by atoms with van der Waals surface area (Å²) in [6.45, 7) is 4.46. The summed E-state index contributed by atoms with van der Waals surface area (Å²) in [5.74, 6) is 0.867. The highest BCUT2D eigenvalue weighted by molar-refractivity contribution is 5.75. The van der Waals surface area contributed by atoms with Crippen molar-refractivity contribution in [3.63, 3.8) is 0 Å². The average molecular weight is 213 g/mol. The van der Waals surface area contributed by atoms with E-state index in [1.165, 1.54) is 19.3 Å². The van der Waals surface area contributed by atoms with Crippen LogP contribution in [-0.2, 0) is 9.53 Å². The van der Waals surface area contributed by atoms with Crippen LogP contribution >= 0.6 is 0 Å². The van der Waals surface area contributed by atoms with Gasteiger partial charge in [0.2, 0.25) is 0 Å². The van der Waals surface area contributed by atoms with Gasteiger partial charge in [-0.15, -0.1) is 0 Å². The Balaban J connectivity index is 2.44. The first-order valence-electron chi connectivity index (χ1n) is 6.11. The smallest absolute Gasteiger partial charge is 0.323 e. The molecule has 1 saturated carbocycles. The van der Waals surface area contributed by atoms with Crippen molar-refractivity contribution < 1.29 is 9.53 Å². The SMILES string of the molecule is CCOC(=O)C(N)C1CCCC(CC)C1. The van der Waals surface area contributed by atoms with Gasteiger partial charge in [-0.2, -0.15) is 0 Å². The van der Waals surface area contributed by atoms with Gasteiger partial charge in [0.15, 0.2) is 0 Å². The van der Waals surface area contributed by atoms with E-state index in [4.69, 9.17) is 10.5 Å². The number of hydrogen-bond donors (Lipinski definition) is 1. The Morgan fingerprint density at radius 3 is 2.80 bits per heavy atom. The highest BCUT2D eigenvalue weighted by Crippen LogP contribution is 2.32. The third kappa shape index (κ3) is 3.49. The van der Waals surface area contributed by atoms with Gasteiger partial charge in [-0.3, -0.25) is 4.79 Å². The Kier molecular flexibility index (Phi) is 5.09. The fourth-order valence-electron chi connectivity index (χ4n) is 2.46. The molecule has 88 valence electrons. The van der Waals surface area contributed by atoms with Crippen molar-refractivity contribution >= 4 is 5.97 Å². The standard InChI is InChI=1S/C12H23NO2/c1-3-9-6-5-7-10(8-9)11(13)12(14)15-4-2/h9-11H,3-8,13H2,1-2H3. The first-order chi connectivity index (χ1) is 7.19. The number of esters is 1. The molecule has 0 aromatic rings. The maximum atomic E-state index is 11.5. The number of hydrogen-bond acceptors (Lipinski definition) is 3. The van der Waals surface area contributed by atoms with Gasteiger partial charge in [-0.1, -0.05) is 26.2 Å². The summed E-state index contributed by atoms with van der Waals surface area (Å²) in [6.07, 6.45) is 5.87. The molecule has 1 rings (SSSR count). The van der Waals surface area contributed by atoms with Gasteiger partial charge < -0.3 is 10.5 Å². The van der Waals surface area contributed by atoms with E-state index in [2.05, 4.69) is 6.92 Å². The van der Waals surface area contributed by atoms with Crippen LogP contribution in [-0.4, -0.2) is 18.6 Å². The van der Waals surface area contributed by atoms with Crippen molar-refractivity contribution in [1.29, 1.82) is 0 Å². The van der Waals surface area contributed by atoms with E-state index in [1.54, 1.807) is 0 Å². The lowest BCUT2D eigenvalue weighted by molar-refractivity contribution is -0.146. The lowest BCUT2D eigenvalue weighted by Gasteiger charge is -2.31. The van der Waals surface area contributed by atoms with E-state index < -0.39 is 6.04 Å². The van der Waals surface area contributed by atoms with Gasteiger partial charge in [0.05, 0.1) is 6.61 Å². The average Bonchev–Trinajstić information content (AvgIpc) is 2.28. The number of ether oxygens (including phenoxy) is 1. The quantitative estimate of drug-likeness (QED) is 0.727. The molecule has 0 bridgehead atoms. The lowest BCUT2D eigenvalue weighted by Crippen LogP contribution is -2.41. The predicted molar refractivity (Wildman–Crippen MR) is 60.3 cm³/mol. The van der Waals surface area contributed by atoms with Gasteiger partial charge in [-0.25, -0.2) is 0 Å². The first-order valence-corrected chi connectivity index (χ1v) is 6.11. The minimum atomic E-state index is -0.403. The Labute approximate surface area is 92.4 Å². The molecule has 3 nitrogen and oxygen atoms in total. The van der Waals surface area contributed by atoms with Crippen molar-refractivity contribution in [2.45, 2.75) is 52.0 Å². The molecule has 0 aromatic heterocycles. The molecule has 2 N–H and O–H groups in total. The van der Waals surface area contributed by atoms with Crippen molar-refractivity contribution in [2.75, 3.05) is 6.61 Å². The second-order valence-corrected chi connectivity index (χ2v) is 4.48. The Morgan fingerprint density at radius 2 is 2.20 bits per heavy atom. The van der Waals surface area contributed by atoms with E-state index in [9.17, 15) is 4.79 Å². The predicted octanol–water partition coefficient (Wildman–Crippen LogP) is 2.09. The minimum absolute atomic E-state index is 0.223. The van der Waals surface area contributed by atoms with Gasteiger partial charge >= 0.3 is 5.97 Å². The number of carbonyl (C=O) groups excluding carboxylic acids is 1. The van der Waals surface area contributed by atoms with Crippen LogP contribution in [0.2, 0.25) is 0 Å². The van der Waals surface area contributed by atoms with Crippen LogP contribution in [0.3, 0.4) is 0 Å². The van der Waals surface area contributed by atoms with E-state index >= 15 is 0 Å². The van der Waals surface area contributed by atoms with Crippen LogP contribution in [0.1, 0.15) is 46.0 Å². The summed E-state index contributed by atoms with van der Waals surface area (Å²) < 4.78 is 4.96. The van der Waals surface area contributed by atoms with Crippen LogP contribution < -0.4 is 5.73 Å². The minimum Gasteiger partial charge on any atom is -0.465 e. The van der Waals surface area contributed by atoms with Crippen LogP contribution in [0.4, 0.5) is 0 Å². The van der Waals surface area contributed by atoms with Crippen LogP contribution in [0, 0.1) is 11.8 Å². The third-order valence-corrected chi connectivity index (χ3v) is 3.47. The summed E-state index contributed by atoms with van der Waals surface area (Å²) >= 11 is 0. The molecule has 0 heterocycles. The molecule has 3 heteroatoms. The first kappa shape index (κ1) is 12.5. The van der Waals surface area contributed by atoms with E-state index in [1.807, 2.05) is 6.92 Å². The van der Waals surface area contributed by atoms with Crippen molar-refractivity contribution in [3.05, 3.63) is 0 Å². The number of nitrogens with two attached hydrogens (primary N) is 1.